The zero-order valence-electron chi connectivity index (χ0n) is 11.3. The van der Waals surface area contributed by atoms with E-state index < -0.39 is 6.04 Å². The van der Waals surface area contributed by atoms with E-state index in [4.69, 9.17) is 4.74 Å². The maximum atomic E-state index is 11.7. The second-order valence-electron chi connectivity index (χ2n) is 3.66. The van der Waals surface area contributed by atoms with Crippen molar-refractivity contribution < 1.29 is 14.3 Å². The number of hydrogen-bond donors (Lipinski definition) is 1. The van der Waals surface area contributed by atoms with Crippen molar-refractivity contribution in [3.63, 3.8) is 0 Å². The van der Waals surface area contributed by atoms with Crippen LogP contribution in [-0.2, 0) is 14.3 Å². The van der Waals surface area contributed by atoms with Gasteiger partial charge in [-0.15, -0.1) is 0 Å². The molecular weight excluding hydrogens is 220 g/mol. The summed E-state index contributed by atoms with van der Waals surface area (Å²) in [6, 6.07) is -0.394. The third-order valence-corrected chi connectivity index (χ3v) is 2.60. The molecule has 0 bridgehead atoms. The van der Waals surface area contributed by atoms with Crippen LogP contribution in [0.2, 0.25) is 0 Å². The van der Waals surface area contributed by atoms with Gasteiger partial charge in [-0.1, -0.05) is 6.92 Å². The Kier molecular flexibility index (Phi) is 8.40. The molecule has 1 N–H and O–H groups in total. The van der Waals surface area contributed by atoms with Crippen LogP contribution in [-0.4, -0.2) is 49.1 Å². The number of likely N-dealkylation sites (N-methyl/N-ethyl adjacent to an activating group) is 1. The Balaban J connectivity index is 4.14. The number of ether oxygens (including phenoxy) is 1. The van der Waals surface area contributed by atoms with Gasteiger partial charge in [0.15, 0.2) is 0 Å². The van der Waals surface area contributed by atoms with Crippen molar-refractivity contribution in [3.8, 4) is 0 Å². The van der Waals surface area contributed by atoms with Gasteiger partial charge in [0.25, 0.3) is 0 Å². The molecule has 0 aromatic heterocycles. The zero-order chi connectivity index (χ0) is 13.3. The molecule has 0 aliphatic rings. The number of amides is 1. The summed E-state index contributed by atoms with van der Waals surface area (Å²) in [7, 11) is 0. The quantitative estimate of drug-likeness (QED) is 0.641. The summed E-state index contributed by atoms with van der Waals surface area (Å²) in [6.07, 6.45) is 0.615. The minimum absolute atomic E-state index is 0.0118. The SMILES string of the molecule is CCOC(=O)C(CC)NCC(=O)N(CC)CC. The van der Waals surface area contributed by atoms with Crippen LogP contribution in [0.1, 0.15) is 34.1 Å². The lowest BCUT2D eigenvalue weighted by atomic mass is 10.2. The molecule has 0 spiro atoms. The molecule has 0 aliphatic heterocycles. The molecular formula is C12H24N2O3. The lowest BCUT2D eigenvalue weighted by Crippen LogP contribution is -2.44. The third kappa shape index (κ3) is 5.68. The number of nitrogens with zero attached hydrogens (tertiary/aromatic N) is 1. The Morgan fingerprint density at radius 3 is 2.18 bits per heavy atom. The van der Waals surface area contributed by atoms with Crippen molar-refractivity contribution in [1.29, 1.82) is 0 Å². The van der Waals surface area contributed by atoms with Gasteiger partial charge in [-0.3, -0.25) is 14.9 Å². The Morgan fingerprint density at radius 1 is 1.18 bits per heavy atom. The monoisotopic (exact) mass is 244 g/mol. The standard InChI is InChI=1S/C12H24N2O3/c1-5-10(12(16)17-8-4)13-9-11(15)14(6-2)7-3/h10,13H,5-9H2,1-4H3. The molecule has 0 aliphatic carbocycles. The van der Waals surface area contributed by atoms with Crippen LogP contribution in [0.15, 0.2) is 0 Å². The van der Waals surface area contributed by atoms with Crippen molar-refractivity contribution in [1.82, 2.24) is 10.2 Å². The van der Waals surface area contributed by atoms with Gasteiger partial charge in [0.05, 0.1) is 13.2 Å². The van der Waals surface area contributed by atoms with E-state index in [-0.39, 0.29) is 18.4 Å². The highest BCUT2D eigenvalue weighted by molar-refractivity contribution is 5.80. The maximum Gasteiger partial charge on any atom is 0.323 e. The van der Waals surface area contributed by atoms with Gasteiger partial charge in [0, 0.05) is 13.1 Å². The summed E-state index contributed by atoms with van der Waals surface area (Å²) in [5.41, 5.74) is 0. The highest BCUT2D eigenvalue weighted by Gasteiger charge is 2.19. The molecule has 0 aromatic carbocycles. The van der Waals surface area contributed by atoms with Gasteiger partial charge in [-0.2, -0.15) is 0 Å². The molecule has 5 heteroatoms. The highest BCUT2D eigenvalue weighted by Crippen LogP contribution is 1.96. The lowest BCUT2D eigenvalue weighted by Gasteiger charge is -2.21. The van der Waals surface area contributed by atoms with Crippen LogP contribution in [0.4, 0.5) is 0 Å². The Labute approximate surface area is 103 Å². The van der Waals surface area contributed by atoms with E-state index in [1.54, 1.807) is 11.8 Å². The first-order valence-corrected chi connectivity index (χ1v) is 6.28. The van der Waals surface area contributed by atoms with Crippen molar-refractivity contribution in [2.24, 2.45) is 0 Å². The topological polar surface area (TPSA) is 58.6 Å². The van der Waals surface area contributed by atoms with Crippen molar-refractivity contribution in [2.75, 3.05) is 26.2 Å². The molecule has 5 nitrogen and oxygen atoms in total. The Hall–Kier alpha value is -1.10. The van der Waals surface area contributed by atoms with E-state index in [1.165, 1.54) is 0 Å². The van der Waals surface area contributed by atoms with Crippen LogP contribution >= 0.6 is 0 Å². The first-order chi connectivity index (χ1) is 8.10. The van der Waals surface area contributed by atoms with Crippen LogP contribution in [0.25, 0.3) is 0 Å². The largest absolute Gasteiger partial charge is 0.465 e. The average molecular weight is 244 g/mol. The van der Waals surface area contributed by atoms with Gasteiger partial charge < -0.3 is 9.64 Å². The smallest absolute Gasteiger partial charge is 0.323 e. The fraction of sp³-hybridized carbons (Fsp3) is 0.833. The first kappa shape index (κ1) is 15.9. The van der Waals surface area contributed by atoms with E-state index in [9.17, 15) is 9.59 Å². The Bertz CT molecular complexity index is 240. The summed E-state index contributed by atoms with van der Waals surface area (Å²) in [5, 5.41) is 2.94. The minimum atomic E-state index is -0.394. The number of esters is 1. The molecule has 1 unspecified atom stereocenters. The molecule has 17 heavy (non-hydrogen) atoms. The molecule has 0 rings (SSSR count). The van der Waals surface area contributed by atoms with Gasteiger partial charge in [-0.25, -0.2) is 0 Å². The van der Waals surface area contributed by atoms with Crippen LogP contribution in [0, 0.1) is 0 Å². The molecule has 100 valence electrons. The third-order valence-electron chi connectivity index (χ3n) is 2.60. The summed E-state index contributed by atoms with van der Waals surface area (Å²) in [4.78, 5) is 24.9. The summed E-state index contributed by atoms with van der Waals surface area (Å²) in [5.74, 6) is -0.278. The van der Waals surface area contributed by atoms with Crippen LogP contribution in [0.3, 0.4) is 0 Å². The predicted molar refractivity (Wildman–Crippen MR) is 66.6 cm³/mol. The number of nitrogens with one attached hydrogen (secondary N) is 1. The average Bonchev–Trinajstić information content (AvgIpc) is 2.31. The molecule has 0 saturated heterocycles. The van der Waals surface area contributed by atoms with Gasteiger partial charge >= 0.3 is 5.97 Å². The predicted octanol–water partition coefficient (Wildman–Crippen LogP) is 0.786. The van der Waals surface area contributed by atoms with Crippen LogP contribution in [0.5, 0.6) is 0 Å². The summed E-state index contributed by atoms with van der Waals surface area (Å²) >= 11 is 0. The van der Waals surface area contributed by atoms with Gasteiger partial charge in [0.2, 0.25) is 5.91 Å². The molecule has 0 radical (unpaired) electrons. The number of hydrogen-bond acceptors (Lipinski definition) is 4. The highest BCUT2D eigenvalue weighted by atomic mass is 16.5. The zero-order valence-corrected chi connectivity index (χ0v) is 11.3. The van der Waals surface area contributed by atoms with Gasteiger partial charge in [0.1, 0.15) is 6.04 Å². The molecule has 1 amide bonds. The number of carbonyl (C=O) groups excluding carboxylic acids is 2. The summed E-state index contributed by atoms with van der Waals surface area (Å²) in [6.45, 7) is 9.44. The van der Waals surface area contributed by atoms with E-state index in [0.29, 0.717) is 26.1 Å². The van der Waals surface area contributed by atoms with E-state index in [1.807, 2.05) is 20.8 Å². The molecule has 0 heterocycles. The minimum Gasteiger partial charge on any atom is -0.465 e. The van der Waals surface area contributed by atoms with Crippen molar-refractivity contribution in [3.05, 3.63) is 0 Å². The normalized spacial score (nSPS) is 12.0. The van der Waals surface area contributed by atoms with Gasteiger partial charge in [-0.05, 0) is 27.2 Å². The fourth-order valence-electron chi connectivity index (χ4n) is 1.54. The van der Waals surface area contributed by atoms with E-state index in [0.717, 1.165) is 0 Å². The van der Waals surface area contributed by atoms with Crippen molar-refractivity contribution >= 4 is 11.9 Å². The first-order valence-electron chi connectivity index (χ1n) is 6.28. The van der Waals surface area contributed by atoms with Crippen LogP contribution < -0.4 is 5.32 Å². The van der Waals surface area contributed by atoms with E-state index in [2.05, 4.69) is 5.32 Å². The molecule has 1 atom stereocenters. The second-order valence-corrected chi connectivity index (χ2v) is 3.66. The lowest BCUT2D eigenvalue weighted by molar-refractivity contribution is -0.145. The number of rotatable bonds is 8. The maximum absolute atomic E-state index is 11.7. The van der Waals surface area contributed by atoms with E-state index >= 15 is 0 Å². The fourth-order valence-corrected chi connectivity index (χ4v) is 1.54. The number of carbonyl (C=O) groups is 2. The van der Waals surface area contributed by atoms with Crippen molar-refractivity contribution in [2.45, 2.75) is 40.2 Å². The molecule has 0 aromatic rings. The molecule has 0 fully saturated rings. The summed E-state index contributed by atoms with van der Waals surface area (Å²) < 4.78 is 4.91. The molecule has 0 saturated carbocycles. The second kappa shape index (κ2) is 8.98. The Morgan fingerprint density at radius 2 is 1.76 bits per heavy atom.